The molecule has 0 unspecified atom stereocenters. The first-order valence-corrected chi connectivity index (χ1v) is 11.5. The van der Waals surface area contributed by atoms with Crippen molar-refractivity contribution in [1.82, 2.24) is 19.6 Å². The molecule has 0 N–H and O–H groups in total. The van der Waals surface area contributed by atoms with E-state index in [0.29, 0.717) is 55.3 Å². The van der Waals surface area contributed by atoms with Crippen LogP contribution in [0.4, 0.5) is 4.39 Å². The highest BCUT2D eigenvalue weighted by molar-refractivity contribution is 8.00. The molecule has 0 atom stereocenters. The number of hydrogen-bond donors (Lipinski definition) is 0. The summed E-state index contributed by atoms with van der Waals surface area (Å²) < 4.78 is 44.5. The van der Waals surface area contributed by atoms with Crippen LogP contribution >= 0.6 is 0 Å². The van der Waals surface area contributed by atoms with Crippen molar-refractivity contribution in [2.75, 3.05) is 26.2 Å². The van der Waals surface area contributed by atoms with E-state index in [4.69, 9.17) is 0 Å². The Balaban J connectivity index is 1.55. The number of carbonyl (C=O) groups excluding carboxylic acids is 1. The largest absolute Gasteiger partial charge is 0.354 e. The van der Waals surface area contributed by atoms with Crippen molar-refractivity contribution >= 4 is 26.7 Å². The second-order valence-electron chi connectivity index (χ2n) is 7.78. The lowest BCUT2D eigenvalue weighted by atomic mass is 10.1. The minimum Gasteiger partial charge on any atom is -0.354 e. The summed E-state index contributed by atoms with van der Waals surface area (Å²) in [7, 11) is -2.08. The summed E-state index contributed by atoms with van der Waals surface area (Å²) in [4.78, 5) is 16.6. The Morgan fingerprint density at radius 1 is 1.06 bits per heavy atom. The number of amidine groups is 1. The Bertz CT molecular complexity index is 1180. The van der Waals surface area contributed by atoms with Gasteiger partial charge in [0.25, 0.3) is 15.9 Å². The highest BCUT2D eigenvalue weighted by atomic mass is 32.2. The molecule has 1 aromatic heterocycles. The third-order valence-electron chi connectivity index (χ3n) is 5.66. The van der Waals surface area contributed by atoms with Gasteiger partial charge in [-0.15, -0.1) is 4.40 Å². The third-order valence-corrected chi connectivity index (χ3v) is 7.13. The maximum absolute atomic E-state index is 13.3. The SMILES string of the molecule is CC1=C(c2ccc(F)cc2)S(=O)(=O)N=C1N1CCCN(C(=O)c2cc(C)n(C)n2)CC1. The number of carbonyl (C=O) groups is 1. The molecular formula is C21H24FN5O3S. The van der Waals surface area contributed by atoms with E-state index < -0.39 is 15.8 Å². The fourth-order valence-corrected chi connectivity index (χ4v) is 5.43. The number of nitrogens with zero attached hydrogens (tertiary/aromatic N) is 5. The first-order chi connectivity index (χ1) is 14.7. The first kappa shape index (κ1) is 21.2. The average molecular weight is 446 g/mol. The Morgan fingerprint density at radius 3 is 2.42 bits per heavy atom. The van der Waals surface area contributed by atoms with E-state index in [1.165, 1.54) is 24.3 Å². The van der Waals surface area contributed by atoms with E-state index >= 15 is 0 Å². The lowest BCUT2D eigenvalue weighted by Gasteiger charge is -2.23. The fourth-order valence-electron chi connectivity index (χ4n) is 3.94. The van der Waals surface area contributed by atoms with Crippen LogP contribution in [0.2, 0.25) is 0 Å². The van der Waals surface area contributed by atoms with E-state index in [9.17, 15) is 17.6 Å². The van der Waals surface area contributed by atoms with E-state index in [1.54, 1.807) is 29.6 Å². The van der Waals surface area contributed by atoms with Crippen LogP contribution in [-0.2, 0) is 17.1 Å². The molecule has 4 rings (SSSR count). The summed E-state index contributed by atoms with van der Waals surface area (Å²) in [6, 6.07) is 7.12. The van der Waals surface area contributed by atoms with Crippen LogP contribution in [0.3, 0.4) is 0 Å². The van der Waals surface area contributed by atoms with Gasteiger partial charge in [0, 0.05) is 44.5 Å². The van der Waals surface area contributed by atoms with E-state index in [1.807, 2.05) is 11.8 Å². The molecule has 2 aliphatic rings. The van der Waals surface area contributed by atoms with E-state index in [0.717, 1.165) is 5.69 Å². The fraction of sp³-hybridized carbons (Fsp3) is 0.381. The van der Waals surface area contributed by atoms with Crippen LogP contribution in [-0.4, -0.2) is 65.9 Å². The summed E-state index contributed by atoms with van der Waals surface area (Å²) in [6.07, 6.45) is 0.676. The van der Waals surface area contributed by atoms with Gasteiger partial charge in [-0.05, 0) is 44.0 Å². The van der Waals surface area contributed by atoms with Gasteiger partial charge in [-0.3, -0.25) is 9.48 Å². The monoisotopic (exact) mass is 445 g/mol. The van der Waals surface area contributed by atoms with Crippen molar-refractivity contribution < 1.29 is 17.6 Å². The number of aromatic nitrogens is 2. The van der Waals surface area contributed by atoms with Gasteiger partial charge in [0.1, 0.15) is 16.6 Å². The van der Waals surface area contributed by atoms with Gasteiger partial charge >= 0.3 is 0 Å². The number of halogens is 1. The maximum Gasteiger partial charge on any atom is 0.285 e. The van der Waals surface area contributed by atoms with Gasteiger partial charge < -0.3 is 9.80 Å². The van der Waals surface area contributed by atoms with Crippen LogP contribution in [0, 0.1) is 12.7 Å². The minimum absolute atomic E-state index is 0.101. The molecule has 1 aromatic carbocycles. The van der Waals surface area contributed by atoms with Gasteiger partial charge in [-0.2, -0.15) is 13.5 Å². The molecule has 1 amide bonds. The van der Waals surface area contributed by atoms with Crippen LogP contribution in [0.15, 0.2) is 40.3 Å². The normalized spacial score (nSPS) is 18.9. The van der Waals surface area contributed by atoms with E-state index in [2.05, 4.69) is 9.50 Å². The number of amides is 1. The molecule has 2 aromatic rings. The molecule has 10 heteroatoms. The Kier molecular flexibility index (Phi) is 5.42. The summed E-state index contributed by atoms with van der Waals surface area (Å²) >= 11 is 0. The average Bonchev–Trinajstić information content (AvgIpc) is 3.05. The number of aryl methyl sites for hydroxylation is 2. The van der Waals surface area contributed by atoms with Gasteiger partial charge in [0.15, 0.2) is 5.69 Å². The van der Waals surface area contributed by atoms with Crippen molar-refractivity contribution in [3.05, 3.63) is 58.7 Å². The topological polar surface area (TPSA) is 87.9 Å². The molecule has 0 saturated carbocycles. The second-order valence-corrected chi connectivity index (χ2v) is 9.32. The highest BCUT2D eigenvalue weighted by Crippen LogP contribution is 2.34. The molecule has 1 fully saturated rings. The van der Waals surface area contributed by atoms with Gasteiger partial charge in [0.2, 0.25) is 0 Å². The maximum atomic E-state index is 13.3. The Hall–Kier alpha value is -3.01. The zero-order chi connectivity index (χ0) is 22.3. The van der Waals surface area contributed by atoms with Crippen molar-refractivity contribution in [3.63, 3.8) is 0 Å². The standard InChI is InChI=1S/C21H24FN5O3S/c1-14-13-18(23-25(14)3)21(28)27-10-4-9-26(11-12-27)20-15(2)19(31(29,30)24-20)16-5-7-17(22)8-6-16/h5-8,13H,4,9-12H2,1-3H3. The molecule has 1 saturated heterocycles. The number of hydrogen-bond acceptors (Lipinski definition) is 5. The first-order valence-electron chi connectivity index (χ1n) is 10.0. The lowest BCUT2D eigenvalue weighted by molar-refractivity contribution is 0.0757. The van der Waals surface area contributed by atoms with Crippen LogP contribution in [0.1, 0.15) is 35.1 Å². The Morgan fingerprint density at radius 2 is 1.77 bits per heavy atom. The van der Waals surface area contributed by atoms with Crippen molar-refractivity contribution in [2.24, 2.45) is 11.4 Å². The smallest absolute Gasteiger partial charge is 0.285 e. The highest BCUT2D eigenvalue weighted by Gasteiger charge is 2.34. The summed E-state index contributed by atoms with van der Waals surface area (Å²) in [5.41, 5.74) is 2.25. The zero-order valence-electron chi connectivity index (χ0n) is 17.7. The molecule has 0 bridgehead atoms. The predicted molar refractivity (Wildman–Crippen MR) is 115 cm³/mol. The molecule has 31 heavy (non-hydrogen) atoms. The van der Waals surface area contributed by atoms with Gasteiger partial charge in [0.05, 0.1) is 0 Å². The van der Waals surface area contributed by atoms with Crippen LogP contribution < -0.4 is 0 Å². The predicted octanol–water partition coefficient (Wildman–Crippen LogP) is 2.19. The van der Waals surface area contributed by atoms with Crippen LogP contribution in [0.25, 0.3) is 4.91 Å². The number of benzene rings is 1. The molecule has 3 heterocycles. The molecule has 0 aliphatic carbocycles. The second kappa shape index (κ2) is 7.92. The van der Waals surface area contributed by atoms with Gasteiger partial charge in [-0.25, -0.2) is 4.39 Å². The molecule has 164 valence electrons. The Labute approximate surface area is 180 Å². The van der Waals surface area contributed by atoms with Gasteiger partial charge in [-0.1, -0.05) is 12.1 Å². The third kappa shape index (κ3) is 3.99. The van der Waals surface area contributed by atoms with Crippen molar-refractivity contribution in [3.8, 4) is 0 Å². The molecule has 0 spiro atoms. The quantitative estimate of drug-likeness (QED) is 0.707. The molecular weight excluding hydrogens is 421 g/mol. The summed E-state index contributed by atoms with van der Waals surface area (Å²) in [5.74, 6) is -0.174. The molecule has 8 nitrogen and oxygen atoms in total. The molecule has 2 aliphatic heterocycles. The molecule has 0 radical (unpaired) electrons. The minimum atomic E-state index is -3.88. The zero-order valence-corrected chi connectivity index (χ0v) is 18.5. The number of rotatable bonds is 2. The summed E-state index contributed by atoms with van der Waals surface area (Å²) in [6.45, 7) is 5.63. The van der Waals surface area contributed by atoms with Crippen LogP contribution in [0.5, 0.6) is 0 Å². The van der Waals surface area contributed by atoms with Crippen molar-refractivity contribution in [2.45, 2.75) is 20.3 Å². The summed E-state index contributed by atoms with van der Waals surface area (Å²) in [5, 5.41) is 4.27. The number of sulfonamides is 1. The van der Waals surface area contributed by atoms with Crippen molar-refractivity contribution in [1.29, 1.82) is 0 Å². The lowest BCUT2D eigenvalue weighted by Crippen LogP contribution is -2.37. The van der Waals surface area contributed by atoms with E-state index in [-0.39, 0.29) is 10.8 Å².